The van der Waals surface area contributed by atoms with E-state index in [1.54, 1.807) is 7.11 Å². The van der Waals surface area contributed by atoms with Crippen LogP contribution in [0.1, 0.15) is 18.2 Å². The number of aryl methyl sites for hydroxylation is 1. The third-order valence-corrected chi connectivity index (χ3v) is 3.08. The highest BCUT2D eigenvalue weighted by atomic mass is 16.5. The predicted molar refractivity (Wildman–Crippen MR) is 73.0 cm³/mol. The second-order valence-electron chi connectivity index (χ2n) is 4.12. The largest absolute Gasteiger partial charge is 0.495 e. The van der Waals surface area contributed by atoms with E-state index in [-0.39, 0.29) is 0 Å². The van der Waals surface area contributed by atoms with Gasteiger partial charge in [0.25, 0.3) is 0 Å². The van der Waals surface area contributed by atoms with E-state index < -0.39 is 0 Å². The lowest BCUT2D eigenvalue weighted by atomic mass is 10.2. The molecule has 0 fully saturated rings. The highest BCUT2D eigenvalue weighted by molar-refractivity contribution is 5.56. The molecule has 1 aromatic carbocycles. The molecule has 0 saturated carbocycles. The topological polar surface area (TPSA) is 39.1 Å². The maximum absolute atomic E-state index is 5.31. The molecule has 0 aliphatic rings. The van der Waals surface area contributed by atoms with Gasteiger partial charge >= 0.3 is 0 Å². The van der Waals surface area contributed by atoms with E-state index in [9.17, 15) is 0 Å². The zero-order valence-corrected chi connectivity index (χ0v) is 11.1. The third-order valence-electron chi connectivity index (χ3n) is 3.08. The number of nitrogens with one attached hydrogen (secondary N) is 1. The van der Waals surface area contributed by atoms with Crippen LogP contribution >= 0.6 is 0 Å². The van der Waals surface area contributed by atoms with E-state index in [2.05, 4.69) is 24.3 Å². The molecule has 2 rings (SSSR count). The predicted octanol–water partition coefficient (Wildman–Crippen LogP) is 2.83. The molecule has 0 amide bonds. The van der Waals surface area contributed by atoms with Crippen molar-refractivity contribution in [2.75, 3.05) is 12.4 Å². The summed E-state index contributed by atoms with van der Waals surface area (Å²) in [4.78, 5) is 0. The molecular formula is C14H19N3O. The number of rotatable bonds is 5. The van der Waals surface area contributed by atoms with Crippen molar-refractivity contribution in [2.45, 2.75) is 26.9 Å². The average molecular weight is 245 g/mol. The molecule has 0 unspecified atom stereocenters. The van der Waals surface area contributed by atoms with E-state index in [4.69, 9.17) is 4.74 Å². The second-order valence-corrected chi connectivity index (χ2v) is 4.12. The van der Waals surface area contributed by atoms with Crippen LogP contribution in [-0.2, 0) is 13.1 Å². The Labute approximate surface area is 108 Å². The molecule has 1 N–H and O–H groups in total. The standard InChI is InChI=1S/C14H19N3O/c1-4-17-11(2)12(10-16-17)9-15-13-7-5-6-8-14(13)18-3/h5-8,10,15H,4,9H2,1-3H3. The lowest BCUT2D eigenvalue weighted by Gasteiger charge is -2.10. The van der Waals surface area contributed by atoms with Crippen LogP contribution in [0.3, 0.4) is 0 Å². The van der Waals surface area contributed by atoms with Gasteiger partial charge in [-0.15, -0.1) is 0 Å². The molecule has 18 heavy (non-hydrogen) atoms. The molecule has 0 saturated heterocycles. The van der Waals surface area contributed by atoms with Crippen molar-refractivity contribution in [2.24, 2.45) is 0 Å². The van der Waals surface area contributed by atoms with Gasteiger partial charge in [0.15, 0.2) is 0 Å². The molecule has 4 heteroatoms. The lowest BCUT2D eigenvalue weighted by Crippen LogP contribution is -2.04. The van der Waals surface area contributed by atoms with Gasteiger partial charge in [-0.1, -0.05) is 12.1 Å². The monoisotopic (exact) mass is 245 g/mol. The summed E-state index contributed by atoms with van der Waals surface area (Å²) in [7, 11) is 1.68. The molecule has 0 spiro atoms. The van der Waals surface area contributed by atoms with Gasteiger partial charge in [0, 0.05) is 24.3 Å². The minimum Gasteiger partial charge on any atom is -0.495 e. The number of nitrogens with zero attached hydrogens (tertiary/aromatic N) is 2. The average Bonchev–Trinajstić information content (AvgIpc) is 2.77. The maximum atomic E-state index is 5.31. The number of hydrogen-bond donors (Lipinski definition) is 1. The van der Waals surface area contributed by atoms with Crippen LogP contribution < -0.4 is 10.1 Å². The first-order valence-electron chi connectivity index (χ1n) is 6.14. The maximum Gasteiger partial charge on any atom is 0.141 e. The smallest absolute Gasteiger partial charge is 0.141 e. The fraction of sp³-hybridized carbons (Fsp3) is 0.357. The zero-order valence-electron chi connectivity index (χ0n) is 11.1. The number of ether oxygens (including phenoxy) is 1. The summed E-state index contributed by atoms with van der Waals surface area (Å²) >= 11 is 0. The summed E-state index contributed by atoms with van der Waals surface area (Å²) < 4.78 is 7.31. The first-order chi connectivity index (χ1) is 8.76. The fourth-order valence-electron chi connectivity index (χ4n) is 1.96. The van der Waals surface area contributed by atoms with Crippen LogP contribution in [0.25, 0.3) is 0 Å². The van der Waals surface area contributed by atoms with Gasteiger partial charge in [-0.05, 0) is 26.0 Å². The Morgan fingerprint density at radius 2 is 2.11 bits per heavy atom. The Hall–Kier alpha value is -1.97. The number of anilines is 1. The van der Waals surface area contributed by atoms with Crippen LogP contribution in [-0.4, -0.2) is 16.9 Å². The minimum absolute atomic E-state index is 0.756. The Morgan fingerprint density at radius 1 is 1.33 bits per heavy atom. The minimum atomic E-state index is 0.756. The van der Waals surface area contributed by atoms with Gasteiger partial charge in [-0.2, -0.15) is 5.10 Å². The molecule has 1 heterocycles. The van der Waals surface area contributed by atoms with E-state index in [1.807, 2.05) is 35.1 Å². The number of benzene rings is 1. The summed E-state index contributed by atoms with van der Waals surface area (Å²) in [6.45, 7) is 5.85. The molecule has 0 atom stereocenters. The Bertz CT molecular complexity index is 520. The van der Waals surface area contributed by atoms with Gasteiger partial charge in [-0.25, -0.2) is 0 Å². The van der Waals surface area contributed by atoms with E-state index in [1.165, 1.54) is 11.3 Å². The van der Waals surface area contributed by atoms with Crippen molar-refractivity contribution in [1.29, 1.82) is 0 Å². The first-order valence-corrected chi connectivity index (χ1v) is 6.14. The van der Waals surface area contributed by atoms with Crippen LogP contribution in [0.5, 0.6) is 5.75 Å². The van der Waals surface area contributed by atoms with E-state index >= 15 is 0 Å². The Morgan fingerprint density at radius 3 is 2.78 bits per heavy atom. The molecule has 0 aliphatic heterocycles. The van der Waals surface area contributed by atoms with Gasteiger partial charge in [-0.3, -0.25) is 4.68 Å². The zero-order chi connectivity index (χ0) is 13.0. The molecule has 1 aromatic heterocycles. The first kappa shape index (κ1) is 12.5. The van der Waals surface area contributed by atoms with Crippen LogP contribution in [0, 0.1) is 6.92 Å². The summed E-state index contributed by atoms with van der Waals surface area (Å²) in [6.07, 6.45) is 1.92. The Balaban J connectivity index is 2.09. The van der Waals surface area contributed by atoms with Gasteiger partial charge in [0.05, 0.1) is 19.0 Å². The van der Waals surface area contributed by atoms with Crippen molar-refractivity contribution in [3.8, 4) is 5.75 Å². The van der Waals surface area contributed by atoms with Crippen LogP contribution in [0.4, 0.5) is 5.69 Å². The van der Waals surface area contributed by atoms with E-state index in [0.717, 1.165) is 24.5 Å². The van der Waals surface area contributed by atoms with Gasteiger partial charge < -0.3 is 10.1 Å². The van der Waals surface area contributed by atoms with Crippen molar-refractivity contribution < 1.29 is 4.74 Å². The number of para-hydroxylation sites is 2. The van der Waals surface area contributed by atoms with Crippen molar-refractivity contribution in [1.82, 2.24) is 9.78 Å². The van der Waals surface area contributed by atoms with Crippen LogP contribution in [0.15, 0.2) is 30.5 Å². The molecule has 0 bridgehead atoms. The molecule has 2 aromatic rings. The number of aromatic nitrogens is 2. The highest BCUT2D eigenvalue weighted by Crippen LogP contribution is 2.23. The SMILES string of the molecule is CCn1ncc(CNc2ccccc2OC)c1C. The third kappa shape index (κ3) is 2.47. The van der Waals surface area contributed by atoms with Gasteiger partial charge in [0.1, 0.15) is 5.75 Å². The quantitative estimate of drug-likeness (QED) is 0.880. The van der Waals surface area contributed by atoms with Crippen molar-refractivity contribution >= 4 is 5.69 Å². The highest BCUT2D eigenvalue weighted by Gasteiger charge is 2.06. The summed E-state index contributed by atoms with van der Waals surface area (Å²) in [6, 6.07) is 7.92. The number of methoxy groups -OCH3 is 1. The normalized spacial score (nSPS) is 10.4. The number of hydrogen-bond acceptors (Lipinski definition) is 3. The molecular weight excluding hydrogens is 226 g/mol. The van der Waals surface area contributed by atoms with E-state index in [0.29, 0.717) is 0 Å². The molecule has 0 aliphatic carbocycles. The van der Waals surface area contributed by atoms with Crippen LogP contribution in [0.2, 0.25) is 0 Å². The van der Waals surface area contributed by atoms with Crippen molar-refractivity contribution in [3.05, 3.63) is 41.7 Å². The summed E-state index contributed by atoms with van der Waals surface area (Å²) in [5.41, 5.74) is 3.42. The fourth-order valence-corrected chi connectivity index (χ4v) is 1.96. The van der Waals surface area contributed by atoms with Gasteiger partial charge in [0.2, 0.25) is 0 Å². The second kappa shape index (κ2) is 5.58. The molecule has 96 valence electrons. The molecule has 0 radical (unpaired) electrons. The summed E-state index contributed by atoms with van der Waals surface area (Å²) in [5.74, 6) is 0.859. The van der Waals surface area contributed by atoms with Crippen molar-refractivity contribution in [3.63, 3.8) is 0 Å². The Kier molecular flexibility index (Phi) is 3.87. The lowest BCUT2D eigenvalue weighted by molar-refractivity contribution is 0.416. The molecule has 4 nitrogen and oxygen atoms in total. The summed E-state index contributed by atoms with van der Waals surface area (Å²) in [5, 5.41) is 7.71.